The lowest BCUT2D eigenvalue weighted by atomic mass is 10.1. The zero-order chi connectivity index (χ0) is 20.6. The van der Waals surface area contributed by atoms with Gasteiger partial charge in [-0.25, -0.2) is 0 Å². The van der Waals surface area contributed by atoms with Crippen molar-refractivity contribution >= 4 is 17.8 Å². The summed E-state index contributed by atoms with van der Waals surface area (Å²) in [5, 5.41) is 8.78. The molecule has 1 aromatic carbocycles. The lowest BCUT2D eigenvalue weighted by molar-refractivity contribution is -0.152. The molecule has 150 valence electrons. The number of esters is 1. The number of carbonyl (C=O) groups is 3. The molecular formula is C21H21N3O5. The number of amides is 2. The predicted molar refractivity (Wildman–Crippen MR) is 102 cm³/mol. The van der Waals surface area contributed by atoms with Crippen LogP contribution in [0.5, 0.6) is 0 Å². The SMILES string of the molecule is N#Cc1ccc(CCC(=O)OCC(=O)N2CCN(C(=O)c3ccco3)CC2)cc1. The number of hydrogen-bond acceptors (Lipinski definition) is 6. The Morgan fingerprint density at radius 2 is 1.72 bits per heavy atom. The number of furan rings is 1. The van der Waals surface area contributed by atoms with E-state index in [1.807, 2.05) is 6.07 Å². The van der Waals surface area contributed by atoms with E-state index in [4.69, 9.17) is 14.4 Å². The maximum absolute atomic E-state index is 12.2. The van der Waals surface area contributed by atoms with Crippen molar-refractivity contribution in [2.75, 3.05) is 32.8 Å². The van der Waals surface area contributed by atoms with Crippen LogP contribution in [0.1, 0.15) is 28.1 Å². The van der Waals surface area contributed by atoms with Crippen LogP contribution in [0.25, 0.3) is 0 Å². The molecule has 0 aliphatic carbocycles. The number of nitrogens with zero attached hydrogens (tertiary/aromatic N) is 3. The van der Waals surface area contributed by atoms with Gasteiger partial charge in [-0.15, -0.1) is 0 Å². The third-order valence-corrected chi connectivity index (χ3v) is 4.71. The van der Waals surface area contributed by atoms with Crippen molar-refractivity contribution in [2.45, 2.75) is 12.8 Å². The quantitative estimate of drug-likeness (QED) is 0.689. The number of benzene rings is 1. The highest BCUT2D eigenvalue weighted by Gasteiger charge is 2.26. The van der Waals surface area contributed by atoms with Crippen LogP contribution < -0.4 is 0 Å². The molecule has 2 aromatic rings. The van der Waals surface area contributed by atoms with Gasteiger partial charge in [0, 0.05) is 32.6 Å². The zero-order valence-corrected chi connectivity index (χ0v) is 15.9. The summed E-state index contributed by atoms with van der Waals surface area (Å²) in [5.41, 5.74) is 1.48. The fraction of sp³-hybridized carbons (Fsp3) is 0.333. The Balaban J connectivity index is 1.36. The minimum atomic E-state index is -0.450. The fourth-order valence-corrected chi connectivity index (χ4v) is 3.01. The molecule has 1 fully saturated rings. The van der Waals surface area contributed by atoms with E-state index in [1.54, 1.807) is 46.2 Å². The molecule has 29 heavy (non-hydrogen) atoms. The van der Waals surface area contributed by atoms with Crippen molar-refractivity contribution in [1.82, 2.24) is 9.80 Å². The second-order valence-corrected chi connectivity index (χ2v) is 6.62. The minimum Gasteiger partial charge on any atom is -0.459 e. The van der Waals surface area contributed by atoms with E-state index < -0.39 is 5.97 Å². The molecule has 1 aromatic heterocycles. The number of hydrogen-bond donors (Lipinski definition) is 0. The van der Waals surface area contributed by atoms with Gasteiger partial charge < -0.3 is 19.0 Å². The van der Waals surface area contributed by atoms with Crippen LogP contribution in [0.3, 0.4) is 0 Å². The van der Waals surface area contributed by atoms with Crippen molar-refractivity contribution in [3.8, 4) is 6.07 Å². The lowest BCUT2D eigenvalue weighted by Gasteiger charge is -2.34. The average Bonchev–Trinajstić information content (AvgIpc) is 3.31. The highest BCUT2D eigenvalue weighted by Crippen LogP contribution is 2.10. The summed E-state index contributed by atoms with van der Waals surface area (Å²) in [6.45, 7) is 1.26. The Labute approximate surface area is 168 Å². The Morgan fingerprint density at radius 3 is 2.34 bits per heavy atom. The van der Waals surface area contributed by atoms with Gasteiger partial charge in [0.05, 0.1) is 17.9 Å². The topological polar surface area (TPSA) is 104 Å². The van der Waals surface area contributed by atoms with Gasteiger partial charge in [0.1, 0.15) is 0 Å². The first kappa shape index (κ1) is 20.1. The molecule has 8 heteroatoms. The number of ether oxygens (including phenoxy) is 1. The highest BCUT2D eigenvalue weighted by atomic mass is 16.5. The molecule has 1 aliphatic rings. The van der Waals surface area contributed by atoms with Gasteiger partial charge in [0.15, 0.2) is 12.4 Å². The van der Waals surface area contributed by atoms with Gasteiger partial charge >= 0.3 is 5.97 Å². The van der Waals surface area contributed by atoms with Crippen LogP contribution in [-0.4, -0.2) is 60.4 Å². The molecule has 3 rings (SSSR count). The Bertz CT molecular complexity index is 891. The van der Waals surface area contributed by atoms with Crippen molar-refractivity contribution in [3.05, 3.63) is 59.5 Å². The summed E-state index contributed by atoms with van der Waals surface area (Å²) in [7, 11) is 0. The van der Waals surface area contributed by atoms with Gasteiger partial charge in [0.25, 0.3) is 11.8 Å². The summed E-state index contributed by atoms with van der Waals surface area (Å²) in [6, 6.07) is 12.3. The Morgan fingerprint density at radius 1 is 1.03 bits per heavy atom. The van der Waals surface area contributed by atoms with Crippen LogP contribution in [-0.2, 0) is 20.7 Å². The zero-order valence-electron chi connectivity index (χ0n) is 15.9. The summed E-state index contributed by atoms with van der Waals surface area (Å²) in [6.07, 6.45) is 2.08. The second kappa shape index (κ2) is 9.55. The standard InChI is InChI=1S/C21H21N3O5/c22-14-17-5-3-16(4-6-17)7-8-20(26)29-15-19(25)23-9-11-24(12-10-23)21(27)18-2-1-13-28-18/h1-6,13H,7-12,15H2. The highest BCUT2D eigenvalue weighted by molar-refractivity contribution is 5.91. The largest absolute Gasteiger partial charge is 0.459 e. The first-order valence-electron chi connectivity index (χ1n) is 9.32. The van der Waals surface area contributed by atoms with E-state index in [1.165, 1.54) is 6.26 Å². The molecule has 0 radical (unpaired) electrons. The van der Waals surface area contributed by atoms with Crippen LogP contribution >= 0.6 is 0 Å². The molecule has 0 saturated carbocycles. The van der Waals surface area contributed by atoms with Gasteiger partial charge in [-0.3, -0.25) is 14.4 Å². The van der Waals surface area contributed by atoms with E-state index >= 15 is 0 Å². The molecule has 8 nitrogen and oxygen atoms in total. The number of aryl methyl sites for hydroxylation is 1. The second-order valence-electron chi connectivity index (χ2n) is 6.62. The number of nitriles is 1. The number of carbonyl (C=O) groups excluding carboxylic acids is 3. The molecular weight excluding hydrogens is 374 g/mol. The first-order chi connectivity index (χ1) is 14.1. The van der Waals surface area contributed by atoms with Gasteiger partial charge in [-0.05, 0) is 36.2 Å². The summed E-state index contributed by atoms with van der Waals surface area (Å²) < 4.78 is 10.2. The maximum atomic E-state index is 12.2. The van der Waals surface area contributed by atoms with Gasteiger partial charge in [-0.2, -0.15) is 5.26 Å². The molecule has 1 saturated heterocycles. The normalized spacial score (nSPS) is 13.6. The number of rotatable bonds is 6. The lowest BCUT2D eigenvalue weighted by Crippen LogP contribution is -2.51. The van der Waals surface area contributed by atoms with Crippen LogP contribution in [0, 0.1) is 11.3 Å². The molecule has 0 N–H and O–H groups in total. The predicted octanol–water partition coefficient (Wildman–Crippen LogP) is 1.61. The van der Waals surface area contributed by atoms with Gasteiger partial charge in [0.2, 0.25) is 0 Å². The third-order valence-electron chi connectivity index (χ3n) is 4.71. The van der Waals surface area contributed by atoms with Gasteiger partial charge in [-0.1, -0.05) is 12.1 Å². The first-order valence-corrected chi connectivity index (χ1v) is 9.32. The third kappa shape index (κ3) is 5.45. The molecule has 0 bridgehead atoms. The van der Waals surface area contributed by atoms with Crippen molar-refractivity contribution in [3.63, 3.8) is 0 Å². The monoisotopic (exact) mass is 395 g/mol. The molecule has 2 heterocycles. The Hall–Kier alpha value is -3.60. The van der Waals surface area contributed by atoms with Crippen molar-refractivity contribution < 1.29 is 23.5 Å². The van der Waals surface area contributed by atoms with E-state index in [2.05, 4.69) is 0 Å². The maximum Gasteiger partial charge on any atom is 0.306 e. The van der Waals surface area contributed by atoms with E-state index in [9.17, 15) is 14.4 Å². The summed E-state index contributed by atoms with van der Waals surface area (Å²) >= 11 is 0. The fourth-order valence-electron chi connectivity index (χ4n) is 3.01. The van der Waals surface area contributed by atoms with Crippen LogP contribution in [0.4, 0.5) is 0 Å². The van der Waals surface area contributed by atoms with Crippen LogP contribution in [0.15, 0.2) is 47.1 Å². The van der Waals surface area contributed by atoms with Crippen molar-refractivity contribution in [1.29, 1.82) is 5.26 Å². The van der Waals surface area contributed by atoms with E-state index in [-0.39, 0.29) is 30.6 Å². The molecule has 0 spiro atoms. The minimum absolute atomic E-state index is 0.157. The smallest absolute Gasteiger partial charge is 0.306 e. The Kier molecular flexibility index (Phi) is 6.63. The summed E-state index contributed by atoms with van der Waals surface area (Å²) in [4.78, 5) is 39.6. The molecule has 2 amide bonds. The molecule has 0 unspecified atom stereocenters. The average molecular weight is 395 g/mol. The van der Waals surface area contributed by atoms with Crippen molar-refractivity contribution in [2.24, 2.45) is 0 Å². The molecule has 1 aliphatic heterocycles. The summed E-state index contributed by atoms with van der Waals surface area (Å²) in [5.74, 6) is -0.645. The van der Waals surface area contributed by atoms with Crippen LogP contribution in [0.2, 0.25) is 0 Å². The van der Waals surface area contributed by atoms with E-state index in [0.717, 1.165) is 5.56 Å². The number of piperazine rings is 1. The molecule has 0 atom stereocenters. The van der Waals surface area contributed by atoms with E-state index in [0.29, 0.717) is 38.2 Å².